The van der Waals surface area contributed by atoms with E-state index in [1.807, 2.05) is 24.1 Å². The van der Waals surface area contributed by atoms with Gasteiger partial charge in [-0.1, -0.05) is 13.3 Å². The molecule has 2 rings (SSSR count). The molecule has 0 spiro atoms. The van der Waals surface area contributed by atoms with E-state index in [2.05, 4.69) is 17.2 Å². The Balaban J connectivity index is 2.21. The van der Waals surface area contributed by atoms with Gasteiger partial charge >= 0.3 is 0 Å². The van der Waals surface area contributed by atoms with E-state index in [0.29, 0.717) is 31.9 Å². The molecule has 1 fully saturated rings. The number of morpholine rings is 1. The van der Waals surface area contributed by atoms with Crippen LogP contribution in [0.4, 0.5) is 5.82 Å². The summed E-state index contributed by atoms with van der Waals surface area (Å²) in [6.07, 6.45) is 1.91. The summed E-state index contributed by atoms with van der Waals surface area (Å²) < 4.78 is 5.27. The Morgan fingerprint density at radius 2 is 2.16 bits per heavy atom. The molecule has 0 bridgehead atoms. The first kappa shape index (κ1) is 13.8. The van der Waals surface area contributed by atoms with Crippen LogP contribution in [0, 0.1) is 0 Å². The van der Waals surface area contributed by atoms with Crippen molar-refractivity contribution < 1.29 is 9.53 Å². The number of carbonyl (C=O) groups excluding carboxylic acids is 1. The molecular formula is C14H21N3O2. The van der Waals surface area contributed by atoms with Gasteiger partial charge in [0.1, 0.15) is 5.82 Å². The van der Waals surface area contributed by atoms with Crippen LogP contribution in [-0.4, -0.2) is 49.1 Å². The summed E-state index contributed by atoms with van der Waals surface area (Å²) in [4.78, 5) is 18.7. The topological polar surface area (TPSA) is 54.5 Å². The number of ether oxygens (including phenoxy) is 1. The molecule has 5 heteroatoms. The Morgan fingerprint density at radius 1 is 1.42 bits per heavy atom. The Labute approximate surface area is 114 Å². The fourth-order valence-corrected chi connectivity index (χ4v) is 2.17. The second-order valence-electron chi connectivity index (χ2n) is 4.64. The maximum atomic E-state index is 12.4. The van der Waals surface area contributed by atoms with Crippen LogP contribution in [0.5, 0.6) is 0 Å². The highest BCUT2D eigenvalue weighted by Crippen LogP contribution is 2.14. The molecule has 5 nitrogen and oxygen atoms in total. The van der Waals surface area contributed by atoms with E-state index in [0.717, 1.165) is 24.4 Å². The minimum absolute atomic E-state index is 0.0690. The highest BCUT2D eigenvalue weighted by molar-refractivity contribution is 5.95. The lowest BCUT2D eigenvalue weighted by molar-refractivity contribution is 0.0303. The van der Waals surface area contributed by atoms with Gasteiger partial charge in [-0.3, -0.25) is 4.79 Å². The normalized spacial score (nSPS) is 15.4. The van der Waals surface area contributed by atoms with Gasteiger partial charge in [0.15, 0.2) is 0 Å². The van der Waals surface area contributed by atoms with E-state index >= 15 is 0 Å². The number of pyridine rings is 1. The Kier molecular flexibility index (Phi) is 4.74. The van der Waals surface area contributed by atoms with Crippen molar-refractivity contribution in [1.29, 1.82) is 0 Å². The smallest absolute Gasteiger partial charge is 0.254 e. The van der Waals surface area contributed by atoms with Crippen molar-refractivity contribution >= 4 is 11.7 Å². The van der Waals surface area contributed by atoms with Gasteiger partial charge in [-0.2, -0.15) is 0 Å². The van der Waals surface area contributed by atoms with E-state index < -0.39 is 0 Å². The molecular weight excluding hydrogens is 242 g/mol. The molecule has 1 aliphatic heterocycles. The van der Waals surface area contributed by atoms with Crippen molar-refractivity contribution in [2.45, 2.75) is 19.8 Å². The molecule has 0 aliphatic carbocycles. The third kappa shape index (κ3) is 3.44. The Morgan fingerprint density at radius 3 is 2.79 bits per heavy atom. The first-order chi connectivity index (χ1) is 9.24. The fourth-order valence-electron chi connectivity index (χ4n) is 2.17. The molecule has 0 aromatic carbocycles. The van der Waals surface area contributed by atoms with Gasteiger partial charge in [-0.05, 0) is 18.6 Å². The lowest BCUT2D eigenvalue weighted by atomic mass is 10.1. The number of hydrogen-bond acceptors (Lipinski definition) is 4. The number of nitrogens with one attached hydrogen (secondary N) is 1. The molecule has 1 N–H and O–H groups in total. The van der Waals surface area contributed by atoms with Crippen molar-refractivity contribution in [3.8, 4) is 0 Å². The van der Waals surface area contributed by atoms with Gasteiger partial charge in [0.25, 0.3) is 5.91 Å². The molecule has 2 heterocycles. The maximum absolute atomic E-state index is 12.4. The zero-order valence-corrected chi connectivity index (χ0v) is 11.6. The number of carbonyl (C=O) groups is 1. The number of nitrogens with zero attached hydrogens (tertiary/aromatic N) is 2. The lowest BCUT2D eigenvalue weighted by Crippen LogP contribution is -2.40. The van der Waals surface area contributed by atoms with Crippen LogP contribution in [0.2, 0.25) is 0 Å². The number of aromatic nitrogens is 1. The van der Waals surface area contributed by atoms with Crippen molar-refractivity contribution in [2.75, 3.05) is 38.7 Å². The third-order valence-electron chi connectivity index (χ3n) is 3.19. The van der Waals surface area contributed by atoms with Crippen LogP contribution in [0.3, 0.4) is 0 Å². The van der Waals surface area contributed by atoms with Gasteiger partial charge in [0, 0.05) is 31.4 Å². The summed E-state index contributed by atoms with van der Waals surface area (Å²) in [5, 5.41) is 3.02. The highest BCUT2D eigenvalue weighted by atomic mass is 16.5. The van der Waals surface area contributed by atoms with Gasteiger partial charge in [-0.25, -0.2) is 4.98 Å². The molecule has 0 saturated carbocycles. The van der Waals surface area contributed by atoms with Crippen LogP contribution in [-0.2, 0) is 11.2 Å². The van der Waals surface area contributed by atoms with Crippen LogP contribution in [0.1, 0.15) is 29.4 Å². The molecule has 19 heavy (non-hydrogen) atoms. The standard InChI is InChI=1S/C14H21N3O2/c1-3-4-12-9-11(10-13(15-2)16-12)14(18)17-5-7-19-8-6-17/h9-10H,3-8H2,1-2H3,(H,15,16). The molecule has 0 atom stereocenters. The molecule has 1 aromatic rings. The molecule has 1 amide bonds. The SMILES string of the molecule is CCCc1cc(C(=O)N2CCOCC2)cc(NC)n1. The minimum atomic E-state index is 0.0690. The maximum Gasteiger partial charge on any atom is 0.254 e. The Hall–Kier alpha value is -1.62. The Bertz CT molecular complexity index is 442. The number of aryl methyl sites for hydroxylation is 1. The van der Waals surface area contributed by atoms with Crippen LogP contribution in [0.25, 0.3) is 0 Å². The van der Waals surface area contributed by atoms with Gasteiger partial charge < -0.3 is 15.0 Å². The zero-order valence-electron chi connectivity index (χ0n) is 11.6. The van der Waals surface area contributed by atoms with Crippen LogP contribution < -0.4 is 5.32 Å². The second-order valence-corrected chi connectivity index (χ2v) is 4.64. The van der Waals surface area contributed by atoms with Gasteiger partial charge in [0.05, 0.1) is 13.2 Å². The fraction of sp³-hybridized carbons (Fsp3) is 0.571. The summed E-state index contributed by atoms with van der Waals surface area (Å²) in [7, 11) is 1.82. The second kappa shape index (κ2) is 6.52. The molecule has 1 saturated heterocycles. The monoisotopic (exact) mass is 263 g/mol. The summed E-state index contributed by atoms with van der Waals surface area (Å²) in [5.41, 5.74) is 1.68. The van der Waals surface area contributed by atoms with Crippen molar-refractivity contribution in [1.82, 2.24) is 9.88 Å². The number of anilines is 1. The largest absolute Gasteiger partial charge is 0.378 e. The zero-order chi connectivity index (χ0) is 13.7. The predicted molar refractivity (Wildman–Crippen MR) is 74.5 cm³/mol. The molecule has 104 valence electrons. The summed E-state index contributed by atoms with van der Waals surface area (Å²) >= 11 is 0. The molecule has 0 unspecified atom stereocenters. The molecule has 0 radical (unpaired) electrons. The minimum Gasteiger partial charge on any atom is -0.378 e. The average Bonchev–Trinajstić information content (AvgIpc) is 2.47. The molecule has 1 aromatic heterocycles. The average molecular weight is 263 g/mol. The lowest BCUT2D eigenvalue weighted by Gasteiger charge is -2.27. The van der Waals surface area contributed by atoms with E-state index in [4.69, 9.17) is 4.74 Å². The van der Waals surface area contributed by atoms with Crippen molar-refractivity contribution in [3.05, 3.63) is 23.4 Å². The first-order valence-electron chi connectivity index (χ1n) is 6.80. The van der Waals surface area contributed by atoms with E-state index in [1.165, 1.54) is 0 Å². The number of hydrogen-bond donors (Lipinski definition) is 1. The summed E-state index contributed by atoms with van der Waals surface area (Å²) in [6.45, 7) is 4.69. The predicted octanol–water partition coefficient (Wildman–Crippen LogP) is 1.55. The number of rotatable bonds is 4. The van der Waals surface area contributed by atoms with Crippen LogP contribution >= 0.6 is 0 Å². The van der Waals surface area contributed by atoms with E-state index in [1.54, 1.807) is 0 Å². The van der Waals surface area contributed by atoms with E-state index in [9.17, 15) is 4.79 Å². The summed E-state index contributed by atoms with van der Waals surface area (Å²) in [6, 6.07) is 3.72. The highest BCUT2D eigenvalue weighted by Gasteiger charge is 2.19. The van der Waals surface area contributed by atoms with E-state index in [-0.39, 0.29) is 5.91 Å². The molecule has 1 aliphatic rings. The van der Waals surface area contributed by atoms with Crippen molar-refractivity contribution in [2.24, 2.45) is 0 Å². The first-order valence-corrected chi connectivity index (χ1v) is 6.80. The third-order valence-corrected chi connectivity index (χ3v) is 3.19. The quantitative estimate of drug-likeness (QED) is 0.895. The summed E-state index contributed by atoms with van der Waals surface area (Å²) in [5.74, 6) is 0.821. The van der Waals surface area contributed by atoms with Crippen molar-refractivity contribution in [3.63, 3.8) is 0 Å². The van der Waals surface area contributed by atoms with Gasteiger partial charge in [-0.15, -0.1) is 0 Å². The number of amides is 1. The van der Waals surface area contributed by atoms with Gasteiger partial charge in [0.2, 0.25) is 0 Å². The van der Waals surface area contributed by atoms with Crippen LogP contribution in [0.15, 0.2) is 12.1 Å².